The Labute approximate surface area is 104 Å². The minimum absolute atomic E-state index is 0.390. The monoisotopic (exact) mass is 249 g/mol. The maximum Gasteiger partial charge on any atom is 0.255 e. The Balaban J connectivity index is 2.63. The summed E-state index contributed by atoms with van der Waals surface area (Å²) in [7, 11) is 0. The van der Waals surface area contributed by atoms with E-state index in [1.54, 1.807) is 4.52 Å². The van der Waals surface area contributed by atoms with Gasteiger partial charge in [-0.05, 0) is 20.8 Å². The van der Waals surface area contributed by atoms with Crippen LogP contribution in [0.1, 0.15) is 19.4 Å². The number of nitrogens with zero attached hydrogens (tertiary/aromatic N) is 4. The minimum atomic E-state index is -0.506. The van der Waals surface area contributed by atoms with Crippen LogP contribution < -0.4 is 5.32 Å². The Bertz CT molecular complexity index is 608. The predicted octanol–water partition coefficient (Wildman–Crippen LogP) is 1.91. The summed E-state index contributed by atoms with van der Waals surface area (Å²) >= 11 is 6.04. The minimum Gasteiger partial charge on any atom is -0.354 e. The molecule has 0 saturated heterocycles. The highest BCUT2D eigenvalue weighted by Gasteiger charge is 2.19. The van der Waals surface area contributed by atoms with Gasteiger partial charge < -0.3 is 5.32 Å². The van der Waals surface area contributed by atoms with Crippen molar-refractivity contribution in [1.29, 1.82) is 0 Å². The SMILES string of the molecule is C#CC(C)(C)Nc1c(C)c(Cl)nc2ncnn12. The van der Waals surface area contributed by atoms with E-state index in [-0.39, 0.29) is 0 Å². The summed E-state index contributed by atoms with van der Waals surface area (Å²) in [6, 6.07) is 0. The Kier molecular flexibility index (Phi) is 2.68. The van der Waals surface area contributed by atoms with Crippen LogP contribution in [-0.2, 0) is 0 Å². The second-order valence-electron chi connectivity index (χ2n) is 4.24. The molecule has 0 fully saturated rings. The number of rotatable bonds is 2. The van der Waals surface area contributed by atoms with E-state index in [9.17, 15) is 0 Å². The van der Waals surface area contributed by atoms with Gasteiger partial charge in [-0.15, -0.1) is 6.42 Å². The van der Waals surface area contributed by atoms with Crippen molar-refractivity contribution in [2.24, 2.45) is 0 Å². The average molecular weight is 250 g/mol. The summed E-state index contributed by atoms with van der Waals surface area (Å²) in [5, 5.41) is 7.69. The molecule has 0 unspecified atom stereocenters. The van der Waals surface area contributed by atoms with E-state index in [4.69, 9.17) is 18.0 Å². The third-order valence-electron chi connectivity index (χ3n) is 2.40. The molecule has 2 rings (SSSR count). The molecule has 0 radical (unpaired) electrons. The molecule has 1 N–H and O–H groups in total. The van der Waals surface area contributed by atoms with Crippen molar-refractivity contribution in [2.45, 2.75) is 26.3 Å². The van der Waals surface area contributed by atoms with E-state index in [2.05, 4.69) is 26.3 Å². The van der Waals surface area contributed by atoms with E-state index in [1.807, 2.05) is 20.8 Å². The largest absolute Gasteiger partial charge is 0.354 e. The second kappa shape index (κ2) is 3.90. The van der Waals surface area contributed by atoms with Gasteiger partial charge in [0, 0.05) is 5.56 Å². The molecule has 0 atom stereocenters. The van der Waals surface area contributed by atoms with Crippen molar-refractivity contribution in [3.63, 3.8) is 0 Å². The molecule has 88 valence electrons. The van der Waals surface area contributed by atoms with Gasteiger partial charge in [-0.1, -0.05) is 17.5 Å². The lowest BCUT2D eigenvalue weighted by Crippen LogP contribution is -2.30. The molecule has 0 aliphatic carbocycles. The number of terminal acetylenes is 1. The number of hydrogen-bond acceptors (Lipinski definition) is 4. The number of aromatic nitrogens is 4. The van der Waals surface area contributed by atoms with Gasteiger partial charge in [0.05, 0.1) is 5.54 Å². The number of hydrogen-bond donors (Lipinski definition) is 1. The summed E-state index contributed by atoms with van der Waals surface area (Å²) in [6.07, 6.45) is 6.88. The zero-order valence-corrected chi connectivity index (χ0v) is 10.6. The first-order chi connectivity index (χ1) is 7.94. The first-order valence-corrected chi connectivity index (χ1v) is 5.44. The molecular formula is C11H12ClN5. The van der Waals surface area contributed by atoms with Crippen molar-refractivity contribution < 1.29 is 0 Å². The highest BCUT2D eigenvalue weighted by molar-refractivity contribution is 6.30. The van der Waals surface area contributed by atoms with E-state index in [0.29, 0.717) is 16.7 Å². The molecule has 0 spiro atoms. The predicted molar refractivity (Wildman–Crippen MR) is 67.1 cm³/mol. The highest BCUT2D eigenvalue weighted by Crippen LogP contribution is 2.24. The first-order valence-electron chi connectivity index (χ1n) is 5.06. The second-order valence-corrected chi connectivity index (χ2v) is 4.60. The summed E-state index contributed by atoms with van der Waals surface area (Å²) < 4.78 is 1.58. The molecule has 0 bridgehead atoms. The Morgan fingerprint density at radius 2 is 2.24 bits per heavy atom. The molecule has 2 aromatic heterocycles. The maximum atomic E-state index is 6.04. The lowest BCUT2D eigenvalue weighted by atomic mass is 10.1. The fourth-order valence-corrected chi connectivity index (χ4v) is 1.54. The Hall–Kier alpha value is -1.80. The van der Waals surface area contributed by atoms with Gasteiger partial charge in [-0.3, -0.25) is 0 Å². The topological polar surface area (TPSA) is 55.1 Å². The van der Waals surface area contributed by atoms with Crippen LogP contribution in [0.2, 0.25) is 5.15 Å². The number of nitrogens with one attached hydrogen (secondary N) is 1. The smallest absolute Gasteiger partial charge is 0.255 e. The molecule has 6 heteroatoms. The molecule has 0 aliphatic rings. The Morgan fingerprint density at radius 3 is 2.88 bits per heavy atom. The molecular weight excluding hydrogens is 238 g/mol. The normalized spacial score (nSPS) is 11.5. The average Bonchev–Trinajstić information content (AvgIpc) is 2.72. The standard InChI is InChI=1S/C11H12ClN5/c1-5-11(3,4)16-9-7(2)8(12)15-10-13-6-14-17(9)10/h1,6,16H,2-4H3. The molecule has 0 aromatic carbocycles. The van der Waals surface area contributed by atoms with Crippen LogP contribution in [0.25, 0.3) is 5.78 Å². The molecule has 5 nitrogen and oxygen atoms in total. The van der Waals surface area contributed by atoms with E-state index >= 15 is 0 Å². The number of halogens is 1. The summed E-state index contributed by atoms with van der Waals surface area (Å²) in [6.45, 7) is 5.64. The highest BCUT2D eigenvalue weighted by atomic mass is 35.5. The zero-order chi connectivity index (χ0) is 12.6. The van der Waals surface area contributed by atoms with E-state index in [1.165, 1.54) is 6.33 Å². The third-order valence-corrected chi connectivity index (χ3v) is 2.76. The quantitative estimate of drug-likeness (QED) is 0.653. The van der Waals surface area contributed by atoms with Crippen LogP contribution in [0, 0.1) is 19.3 Å². The van der Waals surface area contributed by atoms with Gasteiger partial charge in [-0.25, -0.2) is 0 Å². The van der Waals surface area contributed by atoms with Crippen LogP contribution in [-0.4, -0.2) is 25.1 Å². The van der Waals surface area contributed by atoms with Crippen molar-refractivity contribution in [3.05, 3.63) is 17.0 Å². The van der Waals surface area contributed by atoms with Crippen molar-refractivity contribution >= 4 is 23.2 Å². The third kappa shape index (κ3) is 2.04. The molecule has 2 heterocycles. The molecule has 0 amide bonds. The van der Waals surface area contributed by atoms with Crippen molar-refractivity contribution in [3.8, 4) is 12.3 Å². The summed E-state index contributed by atoms with van der Waals surface area (Å²) in [4.78, 5) is 8.12. The van der Waals surface area contributed by atoms with Gasteiger partial charge in [0.1, 0.15) is 17.3 Å². The van der Waals surface area contributed by atoms with Crippen LogP contribution in [0.4, 0.5) is 5.82 Å². The molecule has 2 aromatic rings. The maximum absolute atomic E-state index is 6.04. The van der Waals surface area contributed by atoms with E-state index in [0.717, 1.165) is 5.56 Å². The fraction of sp³-hybridized carbons (Fsp3) is 0.364. The molecule has 0 aliphatic heterocycles. The summed E-state index contributed by atoms with van der Waals surface area (Å²) in [5.74, 6) is 3.81. The molecule has 0 saturated carbocycles. The van der Waals surface area contributed by atoms with Gasteiger partial charge in [-0.2, -0.15) is 19.6 Å². The van der Waals surface area contributed by atoms with Gasteiger partial charge in [0.15, 0.2) is 0 Å². The van der Waals surface area contributed by atoms with Crippen LogP contribution in [0.5, 0.6) is 0 Å². The van der Waals surface area contributed by atoms with Gasteiger partial charge in [0.2, 0.25) is 0 Å². The van der Waals surface area contributed by atoms with Crippen LogP contribution >= 0.6 is 11.6 Å². The first kappa shape index (κ1) is 11.7. The Morgan fingerprint density at radius 1 is 1.53 bits per heavy atom. The number of fused-ring (bicyclic) bond motifs is 1. The lowest BCUT2D eigenvalue weighted by Gasteiger charge is -2.22. The summed E-state index contributed by atoms with van der Waals surface area (Å²) in [5.41, 5.74) is 0.280. The number of anilines is 1. The van der Waals surface area contributed by atoms with Gasteiger partial charge >= 0.3 is 0 Å². The van der Waals surface area contributed by atoms with Crippen molar-refractivity contribution in [2.75, 3.05) is 5.32 Å². The fourth-order valence-electron chi connectivity index (χ4n) is 1.38. The van der Waals surface area contributed by atoms with Crippen LogP contribution in [0.3, 0.4) is 0 Å². The van der Waals surface area contributed by atoms with Crippen LogP contribution in [0.15, 0.2) is 6.33 Å². The zero-order valence-electron chi connectivity index (χ0n) is 9.82. The van der Waals surface area contributed by atoms with Crippen molar-refractivity contribution in [1.82, 2.24) is 19.6 Å². The van der Waals surface area contributed by atoms with E-state index < -0.39 is 5.54 Å². The molecule has 17 heavy (non-hydrogen) atoms. The van der Waals surface area contributed by atoms with Gasteiger partial charge in [0.25, 0.3) is 5.78 Å². The lowest BCUT2D eigenvalue weighted by molar-refractivity contribution is 0.723.